The Balaban J connectivity index is 1.58. The molecule has 0 aliphatic carbocycles. The van der Waals surface area contributed by atoms with Gasteiger partial charge in [-0.25, -0.2) is 14.0 Å². The van der Waals surface area contributed by atoms with Crippen LogP contribution < -0.4 is 5.69 Å². The lowest BCUT2D eigenvalue weighted by Crippen LogP contribution is -2.37. The van der Waals surface area contributed by atoms with Gasteiger partial charge in [0.2, 0.25) is 11.8 Å². The van der Waals surface area contributed by atoms with Crippen molar-refractivity contribution >= 4 is 6.21 Å². The molecular weight excluding hydrogens is 456 g/mol. The quantitative estimate of drug-likeness (QED) is 0.367. The molecule has 11 heteroatoms. The lowest BCUT2D eigenvalue weighted by atomic mass is 9.76. The van der Waals surface area contributed by atoms with E-state index in [0.717, 1.165) is 49.0 Å². The van der Waals surface area contributed by atoms with Crippen LogP contribution in [0.15, 0.2) is 58.9 Å². The maximum atomic E-state index is 13.8. The van der Waals surface area contributed by atoms with E-state index in [1.54, 1.807) is 4.57 Å². The van der Waals surface area contributed by atoms with Crippen LogP contribution in [0.2, 0.25) is 0 Å². The molecule has 1 aromatic carbocycles. The number of aromatic amines is 1. The van der Waals surface area contributed by atoms with Crippen LogP contribution in [0.4, 0.5) is 0 Å². The van der Waals surface area contributed by atoms with Crippen molar-refractivity contribution in [3.05, 3.63) is 70.8 Å². The largest absolute Gasteiger partial charge is 0.335 e. The van der Waals surface area contributed by atoms with E-state index in [1.807, 2.05) is 40.0 Å². The number of rotatable bonds is 10. The summed E-state index contributed by atoms with van der Waals surface area (Å²) < 4.78 is 5.33. The number of benzene rings is 1. The van der Waals surface area contributed by atoms with E-state index in [9.17, 15) is 4.79 Å². The average Bonchev–Trinajstić information content (AvgIpc) is 3.66. The van der Waals surface area contributed by atoms with Crippen molar-refractivity contribution < 1.29 is 0 Å². The first-order valence-corrected chi connectivity index (χ1v) is 12.4. The smallest absolute Gasteiger partial charge is 0.295 e. The molecule has 0 saturated carbocycles. The van der Waals surface area contributed by atoms with Gasteiger partial charge in [0.05, 0.1) is 0 Å². The van der Waals surface area contributed by atoms with Gasteiger partial charge in [-0.05, 0) is 36.1 Å². The lowest BCUT2D eigenvalue weighted by Gasteiger charge is -2.32. The fraction of sp³-hybridized carbons (Fsp3) is 0.400. The number of hydrogen-bond acceptors (Lipinski definition) is 7. The summed E-state index contributed by atoms with van der Waals surface area (Å²) in [5.74, 6) is 1.08. The molecule has 0 spiro atoms. The minimum absolute atomic E-state index is 0.117. The minimum Gasteiger partial charge on any atom is -0.295 e. The minimum atomic E-state index is -0.462. The number of aryl methyl sites for hydroxylation is 2. The second-order valence-electron chi connectivity index (χ2n) is 9.07. The van der Waals surface area contributed by atoms with Crippen molar-refractivity contribution in [1.82, 2.24) is 44.5 Å². The van der Waals surface area contributed by atoms with E-state index in [4.69, 9.17) is 0 Å². The highest BCUT2D eigenvalue weighted by Gasteiger charge is 2.33. The van der Waals surface area contributed by atoms with Crippen LogP contribution in [0.1, 0.15) is 50.8 Å². The summed E-state index contributed by atoms with van der Waals surface area (Å²) in [6.45, 7) is 5.44. The van der Waals surface area contributed by atoms with Gasteiger partial charge in [-0.2, -0.15) is 15.3 Å². The van der Waals surface area contributed by atoms with E-state index in [-0.39, 0.29) is 5.69 Å². The summed E-state index contributed by atoms with van der Waals surface area (Å²) in [5.41, 5.74) is 2.31. The van der Waals surface area contributed by atoms with Gasteiger partial charge in [-0.3, -0.25) is 9.56 Å². The molecule has 0 radical (unpaired) electrons. The van der Waals surface area contributed by atoms with Crippen molar-refractivity contribution in [1.29, 1.82) is 0 Å². The van der Waals surface area contributed by atoms with Crippen LogP contribution in [0.25, 0.3) is 17.3 Å². The Kier molecular flexibility index (Phi) is 6.70. The molecule has 1 aliphatic heterocycles. The average molecular weight is 487 g/mol. The molecule has 11 nitrogen and oxygen atoms in total. The first-order chi connectivity index (χ1) is 17.6. The molecule has 36 heavy (non-hydrogen) atoms. The molecule has 1 atom stereocenters. The third kappa shape index (κ3) is 4.43. The normalized spacial score (nSPS) is 17.2. The maximum absolute atomic E-state index is 13.8. The molecule has 4 aromatic rings. The van der Waals surface area contributed by atoms with Gasteiger partial charge in [0.1, 0.15) is 6.33 Å². The number of hydrogen-bond donors (Lipinski definition) is 1. The van der Waals surface area contributed by atoms with Crippen molar-refractivity contribution in [2.45, 2.75) is 64.5 Å². The van der Waals surface area contributed by atoms with Gasteiger partial charge >= 0.3 is 5.69 Å². The third-order valence-electron chi connectivity index (χ3n) is 6.62. The fourth-order valence-electron chi connectivity index (χ4n) is 4.69. The molecule has 0 amide bonds. The zero-order valence-corrected chi connectivity index (χ0v) is 20.6. The number of allylic oxidation sites excluding steroid dienone is 1. The van der Waals surface area contributed by atoms with Crippen LogP contribution in [-0.2, 0) is 24.9 Å². The molecular formula is C25H30N10O. The highest BCUT2D eigenvalue weighted by Crippen LogP contribution is 2.35. The second kappa shape index (κ2) is 10.2. The number of H-pyrrole nitrogens is 1. The SMILES string of the molecule is CCCCn1ncnc1-n1cc(CCC)n(CC2(c3cccc(-c4nn[nH]n4)c3)C=CN=CC2)c1=O. The van der Waals surface area contributed by atoms with Crippen LogP contribution in [0.3, 0.4) is 0 Å². The van der Waals surface area contributed by atoms with Crippen molar-refractivity contribution in [2.75, 3.05) is 0 Å². The molecule has 4 heterocycles. The zero-order chi connectivity index (χ0) is 25.0. The van der Waals surface area contributed by atoms with Gasteiger partial charge in [0.25, 0.3) is 0 Å². The first kappa shape index (κ1) is 23.6. The second-order valence-corrected chi connectivity index (χ2v) is 9.07. The Morgan fingerprint density at radius 1 is 1.19 bits per heavy atom. The highest BCUT2D eigenvalue weighted by atomic mass is 16.2. The van der Waals surface area contributed by atoms with Gasteiger partial charge in [-0.1, -0.05) is 51.0 Å². The number of aliphatic imine (C=N–C) groups is 1. The summed E-state index contributed by atoms with van der Waals surface area (Å²) in [5, 5.41) is 18.8. The third-order valence-corrected chi connectivity index (χ3v) is 6.62. The van der Waals surface area contributed by atoms with E-state index in [0.29, 0.717) is 24.7 Å². The lowest BCUT2D eigenvalue weighted by molar-refractivity contribution is 0.438. The molecule has 1 N–H and O–H groups in total. The van der Waals surface area contributed by atoms with E-state index in [1.165, 1.54) is 6.33 Å². The van der Waals surface area contributed by atoms with Gasteiger partial charge in [-0.15, -0.1) is 10.2 Å². The molecule has 3 aromatic heterocycles. The predicted molar refractivity (Wildman–Crippen MR) is 136 cm³/mol. The Morgan fingerprint density at radius 2 is 2.11 bits per heavy atom. The molecule has 0 bridgehead atoms. The molecule has 1 unspecified atom stereocenters. The fourth-order valence-corrected chi connectivity index (χ4v) is 4.69. The van der Waals surface area contributed by atoms with E-state index in [2.05, 4.69) is 67.8 Å². The van der Waals surface area contributed by atoms with Crippen LogP contribution >= 0.6 is 0 Å². The van der Waals surface area contributed by atoms with Crippen LogP contribution in [-0.4, -0.2) is 50.7 Å². The molecule has 0 fully saturated rings. The number of imidazole rings is 1. The number of nitrogens with one attached hydrogen (secondary N) is 1. The molecule has 1 aliphatic rings. The summed E-state index contributed by atoms with van der Waals surface area (Å²) in [7, 11) is 0. The van der Waals surface area contributed by atoms with Gasteiger partial charge < -0.3 is 0 Å². The number of unbranched alkanes of at least 4 members (excludes halogenated alkanes) is 1. The monoisotopic (exact) mass is 486 g/mol. The Bertz CT molecular complexity index is 1430. The molecule has 186 valence electrons. The Morgan fingerprint density at radius 3 is 2.86 bits per heavy atom. The van der Waals surface area contributed by atoms with Crippen LogP contribution in [0, 0.1) is 0 Å². The maximum Gasteiger partial charge on any atom is 0.335 e. The standard InChI is InChI=1S/C25H30N10O/c1-3-5-14-35-23(27-18-28-35)33-16-21(7-4-2)34(24(33)36)17-25(10-12-26-13-11-25)20-9-6-8-19(15-20)22-29-31-32-30-22/h6,8-10,12-13,15-16,18H,3-5,7,11,14,17H2,1-2H3,(H,29,30,31,32). The van der Waals surface area contributed by atoms with Crippen molar-refractivity contribution in [3.8, 4) is 17.3 Å². The van der Waals surface area contributed by atoms with E-state index < -0.39 is 5.41 Å². The Hall–Kier alpha value is -4.15. The number of tetrazole rings is 1. The highest BCUT2D eigenvalue weighted by molar-refractivity contribution is 5.65. The summed E-state index contributed by atoms with van der Waals surface area (Å²) in [6, 6.07) is 8.09. The van der Waals surface area contributed by atoms with Crippen molar-refractivity contribution in [3.63, 3.8) is 0 Å². The van der Waals surface area contributed by atoms with Gasteiger partial charge in [0, 0.05) is 48.4 Å². The van der Waals surface area contributed by atoms with Crippen molar-refractivity contribution in [2.24, 2.45) is 4.99 Å². The summed E-state index contributed by atoms with van der Waals surface area (Å²) in [4.78, 5) is 22.6. The first-order valence-electron chi connectivity index (χ1n) is 12.4. The summed E-state index contributed by atoms with van der Waals surface area (Å²) in [6.07, 6.45) is 13.6. The molecule has 5 rings (SSSR count). The van der Waals surface area contributed by atoms with Crippen LogP contribution in [0.5, 0.6) is 0 Å². The topological polar surface area (TPSA) is 124 Å². The Labute approximate surface area is 208 Å². The molecule has 0 saturated heterocycles. The predicted octanol–water partition coefficient (Wildman–Crippen LogP) is 3.09. The van der Waals surface area contributed by atoms with Gasteiger partial charge in [0.15, 0.2) is 0 Å². The number of aromatic nitrogens is 9. The van der Waals surface area contributed by atoms with E-state index >= 15 is 0 Å². The summed E-state index contributed by atoms with van der Waals surface area (Å²) >= 11 is 0. The number of nitrogens with zero attached hydrogens (tertiary/aromatic N) is 9. The zero-order valence-electron chi connectivity index (χ0n) is 20.6.